The summed E-state index contributed by atoms with van der Waals surface area (Å²) in [6.45, 7) is 9.34. The monoisotopic (exact) mass is 249 g/mol. The van der Waals surface area contributed by atoms with Crippen LogP contribution in [0.2, 0.25) is 0 Å². The second kappa shape index (κ2) is 5.92. The number of benzene rings is 1. The van der Waals surface area contributed by atoms with E-state index in [2.05, 4.69) is 61.7 Å². The maximum atomic E-state index is 2.61. The Balaban J connectivity index is 1.94. The molecule has 0 amide bonds. The van der Waals surface area contributed by atoms with Crippen molar-refractivity contribution in [2.75, 3.05) is 13.1 Å². The minimum atomic E-state index is 0.666. The fourth-order valence-electron chi connectivity index (χ4n) is 2.46. The van der Waals surface area contributed by atoms with Crippen LogP contribution < -0.4 is 0 Å². The van der Waals surface area contributed by atoms with E-state index in [-0.39, 0.29) is 0 Å². The van der Waals surface area contributed by atoms with Crippen molar-refractivity contribution in [3.8, 4) is 0 Å². The molecule has 1 nitrogen and oxygen atoms in total. The minimum absolute atomic E-state index is 0.666. The smallest absolute Gasteiger partial charge is 0.0263 e. The van der Waals surface area contributed by atoms with Crippen LogP contribution in [0.3, 0.4) is 0 Å². The molecule has 1 unspecified atom stereocenters. The van der Waals surface area contributed by atoms with Crippen molar-refractivity contribution >= 4 is 11.8 Å². The molecule has 1 aromatic carbocycles. The first-order valence-electron chi connectivity index (χ1n) is 6.69. The summed E-state index contributed by atoms with van der Waals surface area (Å²) in [4.78, 5) is 4.11. The summed E-state index contributed by atoms with van der Waals surface area (Å²) in [7, 11) is 0. The summed E-state index contributed by atoms with van der Waals surface area (Å²) < 4.78 is 0. The number of nitrogens with zero attached hydrogens (tertiary/aromatic N) is 1. The maximum Gasteiger partial charge on any atom is 0.0263 e. The van der Waals surface area contributed by atoms with Crippen LogP contribution in [-0.4, -0.2) is 29.3 Å². The number of hydrogen-bond donors (Lipinski definition) is 0. The fraction of sp³-hybridized carbons (Fsp3) is 0.600. The molecular formula is C15H23NS. The molecule has 1 aliphatic rings. The van der Waals surface area contributed by atoms with E-state index in [0.29, 0.717) is 6.04 Å². The third kappa shape index (κ3) is 3.26. The number of rotatable bonds is 5. The Morgan fingerprint density at radius 1 is 1.35 bits per heavy atom. The molecule has 0 saturated heterocycles. The van der Waals surface area contributed by atoms with Gasteiger partial charge in [-0.1, -0.05) is 25.1 Å². The highest BCUT2D eigenvalue weighted by Gasteiger charge is 2.24. The molecule has 0 spiro atoms. The van der Waals surface area contributed by atoms with E-state index in [1.807, 2.05) is 0 Å². The molecule has 0 fully saturated rings. The van der Waals surface area contributed by atoms with E-state index < -0.39 is 0 Å². The van der Waals surface area contributed by atoms with E-state index >= 15 is 0 Å². The predicted octanol–water partition coefficient (Wildman–Crippen LogP) is 3.82. The van der Waals surface area contributed by atoms with Crippen molar-refractivity contribution in [3.63, 3.8) is 0 Å². The van der Waals surface area contributed by atoms with Crippen LogP contribution >= 0.6 is 11.8 Å². The molecular weight excluding hydrogens is 226 g/mol. The molecule has 2 rings (SSSR count). The Kier molecular flexibility index (Phi) is 4.52. The van der Waals surface area contributed by atoms with Crippen molar-refractivity contribution in [3.05, 3.63) is 29.8 Å². The summed E-state index contributed by atoms with van der Waals surface area (Å²) >= 11 is 2.07. The lowest BCUT2D eigenvalue weighted by molar-refractivity contribution is 0.223. The van der Waals surface area contributed by atoms with Crippen LogP contribution in [0.1, 0.15) is 32.8 Å². The third-order valence-electron chi connectivity index (χ3n) is 3.39. The van der Waals surface area contributed by atoms with Gasteiger partial charge in [0.2, 0.25) is 0 Å². The number of hydrogen-bond acceptors (Lipinski definition) is 2. The zero-order valence-corrected chi connectivity index (χ0v) is 12.0. The lowest BCUT2D eigenvalue weighted by atomic mass is 10.1. The first-order valence-corrected chi connectivity index (χ1v) is 7.57. The Morgan fingerprint density at radius 3 is 2.76 bits per heavy atom. The highest BCUT2D eigenvalue weighted by Crippen LogP contribution is 2.37. The first kappa shape index (κ1) is 13.0. The summed E-state index contributed by atoms with van der Waals surface area (Å²) in [6.07, 6.45) is 2.50. The standard InChI is InChI=1S/C15H23NS/c1-4-9-16(12(2)3)11-14-10-13-7-5-6-8-15(13)17-14/h5-8,12,14H,4,9-11H2,1-3H3. The molecule has 0 aromatic heterocycles. The van der Waals surface area contributed by atoms with Crippen LogP contribution in [0.5, 0.6) is 0 Å². The van der Waals surface area contributed by atoms with Gasteiger partial charge in [0.05, 0.1) is 0 Å². The van der Waals surface area contributed by atoms with Crippen molar-refractivity contribution in [1.29, 1.82) is 0 Å². The van der Waals surface area contributed by atoms with Gasteiger partial charge in [0, 0.05) is 22.7 Å². The van der Waals surface area contributed by atoms with Crippen LogP contribution in [0.25, 0.3) is 0 Å². The molecule has 1 aromatic rings. The predicted molar refractivity (Wildman–Crippen MR) is 76.8 cm³/mol. The summed E-state index contributed by atoms with van der Waals surface area (Å²) in [5, 5.41) is 0.751. The van der Waals surface area contributed by atoms with E-state index in [9.17, 15) is 0 Å². The fourth-order valence-corrected chi connectivity index (χ4v) is 3.81. The van der Waals surface area contributed by atoms with Crippen molar-refractivity contribution < 1.29 is 0 Å². The molecule has 1 heterocycles. The zero-order chi connectivity index (χ0) is 12.3. The lowest BCUT2D eigenvalue weighted by Gasteiger charge is -2.28. The molecule has 1 aliphatic heterocycles. The molecule has 0 bridgehead atoms. The molecule has 0 saturated carbocycles. The second-order valence-corrected chi connectivity index (χ2v) is 6.48. The molecule has 0 N–H and O–H groups in total. The third-order valence-corrected chi connectivity index (χ3v) is 4.69. The van der Waals surface area contributed by atoms with Gasteiger partial charge in [0.15, 0.2) is 0 Å². The quantitative estimate of drug-likeness (QED) is 0.780. The van der Waals surface area contributed by atoms with Crippen LogP contribution in [0, 0.1) is 0 Å². The van der Waals surface area contributed by atoms with Gasteiger partial charge in [0.25, 0.3) is 0 Å². The van der Waals surface area contributed by atoms with Gasteiger partial charge >= 0.3 is 0 Å². The van der Waals surface area contributed by atoms with E-state index in [4.69, 9.17) is 0 Å². The second-order valence-electron chi connectivity index (χ2n) is 5.14. The molecule has 17 heavy (non-hydrogen) atoms. The molecule has 0 aliphatic carbocycles. The SMILES string of the molecule is CCCN(CC1Cc2ccccc2S1)C(C)C. The van der Waals surface area contributed by atoms with Gasteiger partial charge in [-0.05, 0) is 44.9 Å². The average molecular weight is 249 g/mol. The summed E-state index contributed by atoms with van der Waals surface area (Å²) in [5.74, 6) is 0. The average Bonchev–Trinajstić information content (AvgIpc) is 2.70. The number of thioether (sulfide) groups is 1. The highest BCUT2D eigenvalue weighted by molar-refractivity contribution is 8.00. The normalized spacial score (nSPS) is 19.0. The molecule has 94 valence electrons. The van der Waals surface area contributed by atoms with Crippen LogP contribution in [0.15, 0.2) is 29.2 Å². The van der Waals surface area contributed by atoms with Gasteiger partial charge in [-0.3, -0.25) is 4.90 Å². The zero-order valence-electron chi connectivity index (χ0n) is 11.1. The summed E-state index contributed by atoms with van der Waals surface area (Å²) in [5.41, 5.74) is 1.54. The molecule has 2 heteroatoms. The summed E-state index contributed by atoms with van der Waals surface area (Å²) in [6, 6.07) is 9.52. The minimum Gasteiger partial charge on any atom is -0.300 e. The van der Waals surface area contributed by atoms with Gasteiger partial charge < -0.3 is 0 Å². The highest BCUT2D eigenvalue weighted by atomic mass is 32.2. The topological polar surface area (TPSA) is 3.24 Å². The Labute approximate surface area is 110 Å². The Morgan fingerprint density at radius 2 is 2.12 bits per heavy atom. The Hall–Kier alpha value is -0.470. The molecule has 0 radical (unpaired) electrons. The lowest BCUT2D eigenvalue weighted by Crippen LogP contribution is -2.37. The largest absolute Gasteiger partial charge is 0.300 e. The van der Waals surface area contributed by atoms with E-state index in [1.54, 1.807) is 5.56 Å². The van der Waals surface area contributed by atoms with Gasteiger partial charge in [-0.15, -0.1) is 11.8 Å². The maximum absolute atomic E-state index is 2.61. The first-order chi connectivity index (χ1) is 8.20. The van der Waals surface area contributed by atoms with Gasteiger partial charge in [-0.25, -0.2) is 0 Å². The van der Waals surface area contributed by atoms with Gasteiger partial charge in [-0.2, -0.15) is 0 Å². The van der Waals surface area contributed by atoms with Crippen molar-refractivity contribution in [2.45, 2.75) is 49.8 Å². The van der Waals surface area contributed by atoms with Gasteiger partial charge in [0.1, 0.15) is 0 Å². The van der Waals surface area contributed by atoms with E-state index in [0.717, 1.165) is 5.25 Å². The Bertz CT molecular complexity index is 337. The molecule has 1 atom stereocenters. The van der Waals surface area contributed by atoms with Crippen LogP contribution in [-0.2, 0) is 6.42 Å². The number of fused-ring (bicyclic) bond motifs is 1. The van der Waals surface area contributed by atoms with Crippen molar-refractivity contribution in [1.82, 2.24) is 4.90 Å². The van der Waals surface area contributed by atoms with E-state index in [1.165, 1.54) is 30.8 Å². The van der Waals surface area contributed by atoms with Crippen molar-refractivity contribution in [2.24, 2.45) is 0 Å². The van der Waals surface area contributed by atoms with Crippen LogP contribution in [0.4, 0.5) is 0 Å².